The first-order valence-corrected chi connectivity index (χ1v) is 6.82. The van der Waals surface area contributed by atoms with E-state index in [4.69, 9.17) is 5.73 Å². The maximum Gasteiger partial charge on any atom is 0.207 e. The minimum absolute atomic E-state index is 0.483. The van der Waals surface area contributed by atoms with E-state index in [1.54, 1.807) is 0 Å². The predicted molar refractivity (Wildman–Crippen MR) is 84.5 cm³/mol. The average Bonchev–Trinajstić information content (AvgIpc) is 2.96. The molecular weight excluding hydrogens is 262 g/mol. The Balaban J connectivity index is 2.05. The highest BCUT2D eigenvalue weighted by Crippen LogP contribution is 2.26. The van der Waals surface area contributed by atoms with Crippen molar-refractivity contribution < 1.29 is 0 Å². The number of hydrogen-bond donors (Lipinski definition) is 1. The van der Waals surface area contributed by atoms with Crippen LogP contribution in [0.3, 0.4) is 0 Å². The molecule has 2 aromatic heterocycles. The van der Waals surface area contributed by atoms with Gasteiger partial charge in [0, 0.05) is 7.05 Å². The monoisotopic (exact) mass is 277 g/mol. The van der Waals surface area contributed by atoms with Gasteiger partial charge in [-0.25, -0.2) is 9.67 Å². The van der Waals surface area contributed by atoms with Crippen molar-refractivity contribution in [3.63, 3.8) is 0 Å². The van der Waals surface area contributed by atoms with E-state index in [2.05, 4.69) is 40.4 Å². The van der Waals surface area contributed by atoms with Crippen LogP contribution in [0, 0.1) is 6.92 Å². The number of anilines is 1. The lowest BCUT2D eigenvalue weighted by atomic mass is 10.1. The van der Waals surface area contributed by atoms with Crippen molar-refractivity contribution in [2.24, 2.45) is 7.05 Å². The van der Waals surface area contributed by atoms with E-state index in [0.29, 0.717) is 5.95 Å². The van der Waals surface area contributed by atoms with Gasteiger partial charge in [-0.3, -0.25) is 4.57 Å². The van der Waals surface area contributed by atoms with Gasteiger partial charge in [0.1, 0.15) is 5.52 Å². The Labute approximate surface area is 121 Å². The highest BCUT2D eigenvalue weighted by Gasteiger charge is 2.16. The number of rotatable bonds is 1. The van der Waals surface area contributed by atoms with Crippen LogP contribution in [0.15, 0.2) is 42.5 Å². The Hall–Kier alpha value is -2.82. The molecule has 5 nitrogen and oxygen atoms in total. The average molecular weight is 277 g/mol. The molecule has 2 N–H and O–H groups in total. The van der Waals surface area contributed by atoms with Gasteiger partial charge in [0.25, 0.3) is 0 Å². The summed E-state index contributed by atoms with van der Waals surface area (Å²) in [7, 11) is 1.91. The first-order chi connectivity index (χ1) is 10.1. The standard InChI is InChI=1S/C16H15N5/c1-10-14-15(20(2)19-10)21(16(17)18-14)13-8-7-11-5-3-4-6-12(11)9-13/h3-9H,1-2H3,(H2,17,18). The highest BCUT2D eigenvalue weighted by molar-refractivity contribution is 5.86. The maximum atomic E-state index is 6.12. The van der Waals surface area contributed by atoms with Gasteiger partial charge in [-0.1, -0.05) is 30.3 Å². The Kier molecular flexibility index (Phi) is 2.33. The summed E-state index contributed by atoms with van der Waals surface area (Å²) < 4.78 is 3.77. The molecule has 0 unspecified atom stereocenters. The second-order valence-corrected chi connectivity index (χ2v) is 5.22. The number of nitrogen functional groups attached to an aromatic ring is 1. The SMILES string of the molecule is Cc1nn(C)c2c1nc(N)n2-c1ccc2ccccc2c1. The normalized spacial score (nSPS) is 11.5. The van der Waals surface area contributed by atoms with Gasteiger partial charge in [-0.2, -0.15) is 5.10 Å². The van der Waals surface area contributed by atoms with Crippen molar-refractivity contribution in [1.82, 2.24) is 19.3 Å². The minimum atomic E-state index is 0.483. The Morgan fingerprint density at radius 1 is 1.05 bits per heavy atom. The van der Waals surface area contributed by atoms with E-state index < -0.39 is 0 Å². The van der Waals surface area contributed by atoms with E-state index in [1.807, 2.05) is 35.4 Å². The molecule has 0 bridgehead atoms. The third-order valence-electron chi connectivity index (χ3n) is 3.82. The molecule has 2 heterocycles. The second kappa shape index (κ2) is 4.09. The summed E-state index contributed by atoms with van der Waals surface area (Å²) in [5.74, 6) is 0.483. The molecule has 0 spiro atoms. The first kappa shape index (κ1) is 12.0. The summed E-state index contributed by atoms with van der Waals surface area (Å²) in [6, 6.07) is 14.5. The molecule has 0 saturated carbocycles. The van der Waals surface area contributed by atoms with Gasteiger partial charge in [-0.15, -0.1) is 0 Å². The molecule has 4 aromatic rings. The topological polar surface area (TPSA) is 61.7 Å². The molecule has 0 amide bonds. The van der Waals surface area contributed by atoms with Crippen LogP contribution in [0.1, 0.15) is 5.69 Å². The van der Waals surface area contributed by atoms with Crippen LogP contribution in [-0.4, -0.2) is 19.3 Å². The number of nitrogens with two attached hydrogens (primary N) is 1. The van der Waals surface area contributed by atoms with E-state index in [1.165, 1.54) is 10.8 Å². The van der Waals surface area contributed by atoms with Gasteiger partial charge in [0.15, 0.2) is 5.65 Å². The number of benzene rings is 2. The van der Waals surface area contributed by atoms with Gasteiger partial charge in [0.05, 0.1) is 11.4 Å². The fourth-order valence-electron chi connectivity index (χ4n) is 2.86. The predicted octanol–water partition coefficient (Wildman–Crippen LogP) is 2.80. The maximum absolute atomic E-state index is 6.12. The third kappa shape index (κ3) is 1.64. The summed E-state index contributed by atoms with van der Waals surface area (Å²) in [5.41, 5.74) is 9.77. The Morgan fingerprint density at radius 3 is 2.62 bits per heavy atom. The second-order valence-electron chi connectivity index (χ2n) is 5.22. The first-order valence-electron chi connectivity index (χ1n) is 6.82. The molecule has 0 aliphatic heterocycles. The van der Waals surface area contributed by atoms with E-state index in [-0.39, 0.29) is 0 Å². The molecule has 0 radical (unpaired) electrons. The molecular formula is C16H15N5. The lowest BCUT2D eigenvalue weighted by Gasteiger charge is -2.08. The molecule has 0 aliphatic rings. The zero-order valence-corrected chi connectivity index (χ0v) is 11.9. The van der Waals surface area contributed by atoms with Crippen molar-refractivity contribution in [3.05, 3.63) is 48.2 Å². The number of imidazole rings is 1. The number of aryl methyl sites for hydroxylation is 2. The zero-order valence-electron chi connectivity index (χ0n) is 11.9. The third-order valence-corrected chi connectivity index (χ3v) is 3.82. The van der Waals surface area contributed by atoms with Gasteiger partial charge in [-0.05, 0) is 29.8 Å². The van der Waals surface area contributed by atoms with Crippen LogP contribution in [0.5, 0.6) is 0 Å². The quantitative estimate of drug-likeness (QED) is 0.582. The van der Waals surface area contributed by atoms with Crippen molar-refractivity contribution in [2.75, 3.05) is 5.73 Å². The number of fused-ring (bicyclic) bond motifs is 2. The number of nitrogens with zero attached hydrogens (tertiary/aromatic N) is 4. The molecule has 0 aliphatic carbocycles. The lowest BCUT2D eigenvalue weighted by Crippen LogP contribution is -2.04. The van der Waals surface area contributed by atoms with Crippen LogP contribution < -0.4 is 5.73 Å². The molecule has 2 aromatic carbocycles. The van der Waals surface area contributed by atoms with Crippen molar-refractivity contribution in [3.8, 4) is 5.69 Å². The molecule has 0 atom stereocenters. The van der Waals surface area contributed by atoms with Crippen LogP contribution >= 0.6 is 0 Å². The van der Waals surface area contributed by atoms with Crippen LogP contribution in [-0.2, 0) is 7.05 Å². The molecule has 0 fully saturated rings. The summed E-state index contributed by atoms with van der Waals surface area (Å²) in [6.45, 7) is 1.94. The minimum Gasteiger partial charge on any atom is -0.369 e. The van der Waals surface area contributed by atoms with E-state index in [0.717, 1.165) is 22.5 Å². The van der Waals surface area contributed by atoms with E-state index in [9.17, 15) is 0 Å². The smallest absolute Gasteiger partial charge is 0.207 e. The molecule has 4 rings (SSSR count). The van der Waals surface area contributed by atoms with Crippen molar-refractivity contribution >= 4 is 27.9 Å². The highest BCUT2D eigenvalue weighted by atomic mass is 15.3. The number of hydrogen-bond acceptors (Lipinski definition) is 3. The summed E-state index contributed by atoms with van der Waals surface area (Å²) in [4.78, 5) is 4.45. The fraction of sp³-hybridized carbons (Fsp3) is 0.125. The molecule has 21 heavy (non-hydrogen) atoms. The largest absolute Gasteiger partial charge is 0.369 e. The summed E-state index contributed by atoms with van der Waals surface area (Å²) in [6.07, 6.45) is 0. The summed E-state index contributed by atoms with van der Waals surface area (Å²) in [5, 5.41) is 6.80. The lowest BCUT2D eigenvalue weighted by molar-refractivity contribution is 0.762. The molecule has 5 heteroatoms. The van der Waals surface area contributed by atoms with Crippen LogP contribution in [0.25, 0.3) is 27.6 Å². The molecule has 104 valence electrons. The van der Waals surface area contributed by atoms with Crippen LogP contribution in [0.4, 0.5) is 5.95 Å². The van der Waals surface area contributed by atoms with Crippen molar-refractivity contribution in [1.29, 1.82) is 0 Å². The fourth-order valence-corrected chi connectivity index (χ4v) is 2.86. The van der Waals surface area contributed by atoms with Gasteiger partial charge < -0.3 is 5.73 Å². The summed E-state index contributed by atoms with van der Waals surface area (Å²) >= 11 is 0. The van der Waals surface area contributed by atoms with Crippen LogP contribution in [0.2, 0.25) is 0 Å². The van der Waals surface area contributed by atoms with Crippen molar-refractivity contribution in [2.45, 2.75) is 6.92 Å². The Morgan fingerprint density at radius 2 is 1.81 bits per heavy atom. The zero-order chi connectivity index (χ0) is 14.6. The Bertz CT molecular complexity index is 977. The molecule has 0 saturated heterocycles. The van der Waals surface area contributed by atoms with E-state index >= 15 is 0 Å². The number of aromatic nitrogens is 4. The van der Waals surface area contributed by atoms with Gasteiger partial charge >= 0.3 is 0 Å². The van der Waals surface area contributed by atoms with Gasteiger partial charge in [0.2, 0.25) is 5.95 Å².